The van der Waals surface area contributed by atoms with Crippen molar-refractivity contribution in [2.24, 2.45) is 5.92 Å². The van der Waals surface area contributed by atoms with Crippen molar-refractivity contribution in [3.8, 4) is 11.4 Å². The highest BCUT2D eigenvalue weighted by Gasteiger charge is 2.20. The van der Waals surface area contributed by atoms with E-state index in [1.165, 1.54) is 5.57 Å². The Morgan fingerprint density at radius 1 is 1.04 bits per heavy atom. The molecule has 0 aromatic carbocycles. The van der Waals surface area contributed by atoms with Gasteiger partial charge in [0, 0.05) is 61.4 Å². The third-order valence-corrected chi connectivity index (χ3v) is 10.4. The van der Waals surface area contributed by atoms with E-state index in [0.29, 0.717) is 37.8 Å². The molecular weight excluding hydrogens is 709 g/mol. The lowest BCUT2D eigenvalue weighted by molar-refractivity contribution is -0.126. The lowest BCUT2D eigenvalue weighted by atomic mass is 9.92. The zero-order chi connectivity index (χ0) is 40.7. The molecule has 1 atom stereocenters. The van der Waals surface area contributed by atoms with Crippen LogP contribution in [0.5, 0.6) is 0 Å². The van der Waals surface area contributed by atoms with Gasteiger partial charge in [-0.25, -0.2) is 0 Å². The van der Waals surface area contributed by atoms with Crippen LogP contribution in [0.2, 0.25) is 0 Å². The molecule has 2 aromatic heterocycles. The van der Waals surface area contributed by atoms with Crippen LogP contribution in [0.15, 0.2) is 114 Å². The Hall–Kier alpha value is -4.95. The summed E-state index contributed by atoms with van der Waals surface area (Å²) in [4.78, 5) is 43.9. The van der Waals surface area contributed by atoms with Crippen molar-refractivity contribution in [1.82, 2.24) is 20.5 Å². The minimum Gasteiger partial charge on any atom is -0.381 e. The number of pyridine rings is 1. The fourth-order valence-corrected chi connectivity index (χ4v) is 7.17. The van der Waals surface area contributed by atoms with Crippen LogP contribution in [0, 0.1) is 12.8 Å². The maximum absolute atomic E-state index is 13.5. The molecule has 3 heterocycles. The predicted octanol–water partition coefficient (Wildman–Crippen LogP) is 11.0. The Labute approximate surface area is 341 Å². The number of aromatic amines is 1. The number of hydrogen-bond acceptors (Lipinski definition) is 6. The summed E-state index contributed by atoms with van der Waals surface area (Å²) in [6, 6.07) is 5.90. The largest absolute Gasteiger partial charge is 0.381 e. The van der Waals surface area contributed by atoms with E-state index in [4.69, 9.17) is 4.74 Å². The van der Waals surface area contributed by atoms with Gasteiger partial charge >= 0.3 is 0 Å². The Bertz CT molecular complexity index is 1870. The highest BCUT2D eigenvalue weighted by molar-refractivity contribution is 6.01. The molecule has 2 aliphatic rings. The molecule has 0 saturated heterocycles. The first-order chi connectivity index (χ1) is 27.8. The van der Waals surface area contributed by atoms with Crippen molar-refractivity contribution in [3.63, 3.8) is 0 Å². The second kappa shape index (κ2) is 25.3. The molecule has 0 bridgehead atoms. The molecule has 2 aromatic rings. The predicted molar refractivity (Wildman–Crippen MR) is 233 cm³/mol. The average Bonchev–Trinajstić information content (AvgIpc) is 3.67. The van der Waals surface area contributed by atoms with Gasteiger partial charge in [0.25, 0.3) is 0 Å². The number of nitrogens with one attached hydrogen (secondary N) is 2. The van der Waals surface area contributed by atoms with Gasteiger partial charge in [-0.05, 0) is 94.1 Å². The molecule has 0 radical (unpaired) electrons. The van der Waals surface area contributed by atoms with Crippen LogP contribution in [-0.2, 0) is 19.1 Å². The highest BCUT2D eigenvalue weighted by Crippen LogP contribution is 2.30. The topological polar surface area (TPSA) is 114 Å². The number of rotatable bonds is 22. The Balaban J connectivity index is 1.18. The molecule has 4 rings (SSSR count). The number of hydrogen-bond donors (Lipinski definition) is 2. The number of allylic oxidation sites excluding steroid dienone is 14. The van der Waals surface area contributed by atoms with E-state index in [1.807, 2.05) is 86.9 Å². The fourth-order valence-electron chi connectivity index (χ4n) is 7.17. The average molecular weight is 773 g/mol. The minimum atomic E-state index is -0.100. The molecule has 0 unspecified atom stereocenters. The van der Waals surface area contributed by atoms with E-state index in [2.05, 4.69) is 46.2 Å². The van der Waals surface area contributed by atoms with Crippen LogP contribution in [0.4, 0.5) is 0 Å². The van der Waals surface area contributed by atoms with Gasteiger partial charge in [0.1, 0.15) is 11.5 Å². The normalized spacial score (nSPS) is 19.4. The SMILES string of the molecule is C=C1\C=C/C(c2c[nH]nc2-c2cccc(C)n2)=C/C=C/C1=C(/C=C\C)C(=O)C/C=C/CCCCCCNC(=O)[C@H](CCCC)CCC(=O)C/C1=C\CCOCCC1. The smallest absolute Gasteiger partial charge is 0.223 e. The molecule has 2 N–H and O–H groups in total. The summed E-state index contributed by atoms with van der Waals surface area (Å²) in [5.74, 6) is 0.280. The van der Waals surface area contributed by atoms with Crippen molar-refractivity contribution in [3.05, 3.63) is 125 Å². The fraction of sp³-hybridized carbons (Fsp3) is 0.449. The van der Waals surface area contributed by atoms with Crippen LogP contribution in [-0.4, -0.2) is 52.4 Å². The second-order valence-corrected chi connectivity index (χ2v) is 15.0. The van der Waals surface area contributed by atoms with Gasteiger partial charge in [0.15, 0.2) is 5.78 Å². The number of amides is 1. The summed E-state index contributed by atoms with van der Waals surface area (Å²) >= 11 is 0. The van der Waals surface area contributed by atoms with Crippen molar-refractivity contribution in [1.29, 1.82) is 0 Å². The first-order valence-corrected chi connectivity index (χ1v) is 21.1. The highest BCUT2D eigenvalue weighted by atomic mass is 16.5. The number of aromatic nitrogens is 3. The van der Waals surface area contributed by atoms with Gasteiger partial charge in [0.2, 0.25) is 5.91 Å². The molecule has 0 fully saturated rings. The molecular formula is C49H64N4O4. The van der Waals surface area contributed by atoms with Crippen LogP contribution in [0.1, 0.15) is 121 Å². The van der Waals surface area contributed by atoms with Crippen LogP contribution >= 0.6 is 0 Å². The van der Waals surface area contributed by atoms with E-state index < -0.39 is 0 Å². The standard InChI is InChI=1S/C49H64N4O4/c1-5-7-23-41(30-31-42(54)35-39-21-17-33-57-34-18-22-39)49(56)50-32-14-12-10-8-9-11-13-27-47(55)44(19-6-2)43-25-16-24-40(29-28-37(43)3)45-36-51-53-48(45)46-26-15-20-38(4)52-46/h6,11,13,15-16,19-21,24-26,28-29,36,41H,3,5,7-10,12,14,17-18,22-23,27,30-35H2,1-2,4H3,(H,50,56)(H,51,53)/b13-11+,19-6-,25-16+,29-28-,39-21-,40-24-,44-43+/t41-/m1/s1. The summed E-state index contributed by atoms with van der Waals surface area (Å²) in [5, 5.41) is 10.6. The number of unbranched alkanes of at least 4 members (excludes halogenated alkanes) is 5. The van der Waals surface area contributed by atoms with Crippen LogP contribution in [0.25, 0.3) is 17.0 Å². The summed E-state index contributed by atoms with van der Waals surface area (Å²) in [5.41, 5.74) is 7.85. The quantitative estimate of drug-likeness (QED) is 0.0700. The lowest BCUT2D eigenvalue weighted by Gasteiger charge is -2.17. The lowest BCUT2D eigenvalue weighted by Crippen LogP contribution is -2.32. The number of carbonyl (C=O) groups excluding carboxylic acids is 3. The number of ether oxygens (including phenoxy) is 1. The maximum Gasteiger partial charge on any atom is 0.223 e. The van der Waals surface area contributed by atoms with Crippen LogP contribution < -0.4 is 5.32 Å². The maximum atomic E-state index is 13.5. The van der Waals surface area contributed by atoms with Gasteiger partial charge in [0.05, 0.1) is 12.3 Å². The third-order valence-electron chi connectivity index (χ3n) is 10.4. The summed E-state index contributed by atoms with van der Waals surface area (Å²) in [7, 11) is 0. The van der Waals surface area contributed by atoms with Crippen LogP contribution in [0.3, 0.4) is 0 Å². The Morgan fingerprint density at radius 2 is 1.89 bits per heavy atom. The molecule has 1 amide bonds. The molecule has 0 spiro atoms. The third kappa shape index (κ3) is 15.5. The van der Waals surface area contributed by atoms with E-state index in [-0.39, 0.29) is 23.4 Å². The van der Waals surface area contributed by atoms with Gasteiger partial charge in [-0.1, -0.05) is 112 Å². The molecule has 0 saturated carbocycles. The summed E-state index contributed by atoms with van der Waals surface area (Å²) < 4.78 is 5.51. The van der Waals surface area contributed by atoms with E-state index in [1.54, 1.807) is 0 Å². The summed E-state index contributed by atoms with van der Waals surface area (Å²) in [6.07, 6.45) is 34.3. The monoisotopic (exact) mass is 772 g/mol. The molecule has 304 valence electrons. The summed E-state index contributed by atoms with van der Waals surface area (Å²) in [6.45, 7) is 12.5. The first-order valence-electron chi connectivity index (χ1n) is 21.1. The first kappa shape index (κ1) is 44.8. The van der Waals surface area contributed by atoms with E-state index >= 15 is 0 Å². The van der Waals surface area contributed by atoms with Crippen molar-refractivity contribution >= 4 is 23.0 Å². The number of Topliss-reactive ketones (excluding diaryl/α,β-unsaturated/α-hetero) is 2. The van der Waals surface area contributed by atoms with E-state index in [0.717, 1.165) is 123 Å². The number of H-pyrrole nitrogens is 1. The second-order valence-electron chi connectivity index (χ2n) is 15.0. The van der Waals surface area contributed by atoms with Gasteiger partial charge in [-0.15, -0.1) is 0 Å². The molecule has 8 heteroatoms. The van der Waals surface area contributed by atoms with Gasteiger partial charge in [-0.2, -0.15) is 5.10 Å². The van der Waals surface area contributed by atoms with Gasteiger partial charge < -0.3 is 10.1 Å². The zero-order valence-electron chi connectivity index (χ0n) is 34.6. The number of aryl methyl sites for hydroxylation is 1. The van der Waals surface area contributed by atoms with Crippen molar-refractivity contribution < 1.29 is 19.1 Å². The number of ketones is 2. The van der Waals surface area contributed by atoms with Crippen molar-refractivity contribution in [2.75, 3.05) is 19.8 Å². The molecule has 1 aliphatic carbocycles. The Morgan fingerprint density at radius 3 is 2.72 bits per heavy atom. The molecule has 8 nitrogen and oxygen atoms in total. The zero-order valence-corrected chi connectivity index (χ0v) is 34.6. The molecule has 1 aliphatic heterocycles. The van der Waals surface area contributed by atoms with E-state index in [9.17, 15) is 14.4 Å². The molecule has 57 heavy (non-hydrogen) atoms. The minimum absolute atomic E-state index is 0.0475. The van der Waals surface area contributed by atoms with Crippen molar-refractivity contribution in [2.45, 2.75) is 117 Å². The number of carbonyl (C=O) groups is 3. The Kier molecular flexibility index (Phi) is 19.9. The van der Waals surface area contributed by atoms with Gasteiger partial charge in [-0.3, -0.25) is 24.5 Å². The number of nitrogens with zero attached hydrogens (tertiary/aromatic N) is 2.